The minimum Gasteiger partial charge on any atom is -0.497 e. The van der Waals surface area contributed by atoms with Gasteiger partial charge in [0, 0.05) is 42.5 Å². The van der Waals surface area contributed by atoms with E-state index in [2.05, 4.69) is 42.9 Å². The third-order valence-corrected chi connectivity index (χ3v) is 4.39. The van der Waals surface area contributed by atoms with Crippen molar-refractivity contribution >= 4 is 5.91 Å². The van der Waals surface area contributed by atoms with Crippen LogP contribution in [0.1, 0.15) is 38.1 Å². The van der Waals surface area contributed by atoms with E-state index in [1.807, 2.05) is 30.3 Å². The third-order valence-electron chi connectivity index (χ3n) is 4.39. The number of methoxy groups -OCH3 is 1. The van der Waals surface area contributed by atoms with Crippen LogP contribution >= 0.6 is 0 Å². The molecule has 1 aromatic heterocycles. The van der Waals surface area contributed by atoms with E-state index in [1.54, 1.807) is 19.4 Å². The van der Waals surface area contributed by atoms with Gasteiger partial charge in [0.05, 0.1) is 12.8 Å². The molecule has 0 aliphatic heterocycles. The van der Waals surface area contributed by atoms with Gasteiger partial charge in [-0.3, -0.25) is 14.7 Å². The summed E-state index contributed by atoms with van der Waals surface area (Å²) in [5.41, 5.74) is 2.34. The lowest BCUT2D eigenvalue weighted by molar-refractivity contribution is 0.0939. The number of amides is 1. The second kappa shape index (κ2) is 9.34. The maximum atomic E-state index is 12.5. The second-order valence-corrected chi connectivity index (χ2v) is 6.84. The van der Waals surface area contributed by atoms with Crippen LogP contribution in [-0.4, -0.2) is 48.1 Å². The highest BCUT2D eigenvalue weighted by Crippen LogP contribution is 2.21. The number of aromatic nitrogens is 1. The first-order valence-electron chi connectivity index (χ1n) is 9.06. The molecule has 0 saturated heterocycles. The summed E-state index contributed by atoms with van der Waals surface area (Å²) in [5.74, 6) is 0.720. The van der Waals surface area contributed by atoms with E-state index in [1.165, 1.54) is 0 Å². The summed E-state index contributed by atoms with van der Waals surface area (Å²) < 4.78 is 5.18. The highest BCUT2D eigenvalue weighted by atomic mass is 16.5. The van der Waals surface area contributed by atoms with Gasteiger partial charge >= 0.3 is 0 Å². The van der Waals surface area contributed by atoms with E-state index in [0.717, 1.165) is 23.6 Å². The summed E-state index contributed by atoms with van der Waals surface area (Å²) in [5, 5.41) is 3.01. The lowest BCUT2D eigenvalue weighted by Crippen LogP contribution is -2.42. The average molecular weight is 355 g/mol. The predicted octanol–water partition coefficient (Wildman–Crippen LogP) is 3.61. The number of ether oxygens (including phenoxy) is 1. The highest BCUT2D eigenvalue weighted by Gasteiger charge is 2.14. The van der Waals surface area contributed by atoms with Gasteiger partial charge in [0.2, 0.25) is 0 Å². The number of benzene rings is 1. The molecule has 1 aromatic carbocycles. The van der Waals surface area contributed by atoms with Crippen LogP contribution < -0.4 is 10.1 Å². The van der Waals surface area contributed by atoms with Crippen LogP contribution in [0.25, 0.3) is 11.3 Å². The Morgan fingerprint density at radius 2 is 1.77 bits per heavy atom. The molecule has 1 amide bonds. The van der Waals surface area contributed by atoms with E-state index in [-0.39, 0.29) is 5.91 Å². The van der Waals surface area contributed by atoms with E-state index >= 15 is 0 Å². The van der Waals surface area contributed by atoms with Crippen LogP contribution in [0.5, 0.6) is 5.75 Å². The average Bonchev–Trinajstić information content (AvgIpc) is 2.64. The maximum Gasteiger partial charge on any atom is 0.251 e. The molecule has 5 nitrogen and oxygen atoms in total. The molecule has 0 radical (unpaired) electrons. The number of hydrogen-bond acceptors (Lipinski definition) is 4. The number of nitrogens with zero attached hydrogens (tertiary/aromatic N) is 2. The minimum absolute atomic E-state index is 0.0744. The first kappa shape index (κ1) is 19.9. The van der Waals surface area contributed by atoms with Crippen molar-refractivity contribution in [1.29, 1.82) is 0 Å². The fourth-order valence-corrected chi connectivity index (χ4v) is 3.00. The van der Waals surface area contributed by atoms with Gasteiger partial charge in [-0.1, -0.05) is 0 Å². The Balaban J connectivity index is 2.01. The van der Waals surface area contributed by atoms with Crippen molar-refractivity contribution in [2.45, 2.75) is 39.8 Å². The molecule has 0 fully saturated rings. The van der Waals surface area contributed by atoms with Crippen molar-refractivity contribution in [3.8, 4) is 17.0 Å². The SMILES string of the molecule is COc1ccc(-c2cc(C(=O)NCCN(C(C)C)C(C)C)ccn2)cc1. The Labute approximate surface area is 156 Å². The largest absolute Gasteiger partial charge is 0.497 e. The summed E-state index contributed by atoms with van der Waals surface area (Å²) in [7, 11) is 1.64. The van der Waals surface area contributed by atoms with Crippen LogP contribution in [0, 0.1) is 0 Å². The van der Waals surface area contributed by atoms with Crippen LogP contribution in [-0.2, 0) is 0 Å². The molecule has 1 heterocycles. The quantitative estimate of drug-likeness (QED) is 0.786. The normalized spacial score (nSPS) is 11.2. The molecular weight excluding hydrogens is 326 g/mol. The summed E-state index contributed by atoms with van der Waals surface area (Å²) in [6.45, 7) is 10.1. The van der Waals surface area contributed by atoms with Crippen molar-refractivity contribution < 1.29 is 9.53 Å². The smallest absolute Gasteiger partial charge is 0.251 e. The lowest BCUT2D eigenvalue weighted by Gasteiger charge is -2.30. The number of carbonyl (C=O) groups excluding carboxylic acids is 1. The molecule has 2 aromatic rings. The molecule has 0 spiro atoms. The van der Waals surface area contributed by atoms with Gasteiger partial charge in [0.15, 0.2) is 0 Å². The standard InChI is InChI=1S/C21H29N3O2/c1-15(2)24(16(3)4)13-12-23-21(25)18-10-11-22-20(14-18)17-6-8-19(26-5)9-7-17/h6-11,14-16H,12-13H2,1-5H3,(H,23,25). The van der Waals surface area contributed by atoms with E-state index in [0.29, 0.717) is 24.2 Å². The maximum absolute atomic E-state index is 12.5. The van der Waals surface area contributed by atoms with Gasteiger partial charge in [-0.25, -0.2) is 0 Å². The fourth-order valence-electron chi connectivity index (χ4n) is 3.00. The fraction of sp³-hybridized carbons (Fsp3) is 0.429. The minimum atomic E-state index is -0.0744. The Hall–Kier alpha value is -2.40. The van der Waals surface area contributed by atoms with E-state index in [9.17, 15) is 4.79 Å². The Kier molecular flexibility index (Phi) is 7.16. The van der Waals surface area contributed by atoms with Crippen molar-refractivity contribution in [2.24, 2.45) is 0 Å². The molecule has 1 N–H and O–H groups in total. The molecule has 0 bridgehead atoms. The van der Waals surface area contributed by atoms with Gasteiger partial charge in [-0.2, -0.15) is 0 Å². The molecule has 0 aliphatic carbocycles. The second-order valence-electron chi connectivity index (χ2n) is 6.84. The van der Waals surface area contributed by atoms with Gasteiger partial charge in [-0.05, 0) is 64.1 Å². The zero-order valence-corrected chi connectivity index (χ0v) is 16.3. The topological polar surface area (TPSA) is 54.5 Å². The third kappa shape index (κ3) is 5.30. The zero-order valence-electron chi connectivity index (χ0n) is 16.3. The monoisotopic (exact) mass is 355 g/mol. The predicted molar refractivity (Wildman–Crippen MR) is 106 cm³/mol. The van der Waals surface area contributed by atoms with Gasteiger partial charge in [0.25, 0.3) is 5.91 Å². The number of nitrogens with one attached hydrogen (secondary N) is 1. The van der Waals surface area contributed by atoms with Crippen LogP contribution in [0.15, 0.2) is 42.6 Å². The molecule has 0 saturated carbocycles. The first-order valence-corrected chi connectivity index (χ1v) is 9.06. The summed E-state index contributed by atoms with van der Waals surface area (Å²) >= 11 is 0. The molecule has 0 atom stereocenters. The Morgan fingerprint density at radius 3 is 2.35 bits per heavy atom. The molecule has 0 unspecified atom stereocenters. The number of pyridine rings is 1. The summed E-state index contributed by atoms with van der Waals surface area (Å²) in [6.07, 6.45) is 1.67. The number of rotatable bonds is 8. The van der Waals surface area contributed by atoms with Crippen LogP contribution in [0.3, 0.4) is 0 Å². The van der Waals surface area contributed by atoms with Crippen LogP contribution in [0.4, 0.5) is 0 Å². The van der Waals surface area contributed by atoms with Crippen LogP contribution in [0.2, 0.25) is 0 Å². The van der Waals surface area contributed by atoms with Crippen molar-refractivity contribution in [3.05, 3.63) is 48.2 Å². The molecule has 5 heteroatoms. The van der Waals surface area contributed by atoms with Gasteiger partial charge < -0.3 is 10.1 Å². The molecule has 2 rings (SSSR count). The number of hydrogen-bond donors (Lipinski definition) is 1. The van der Waals surface area contributed by atoms with Crippen molar-refractivity contribution in [2.75, 3.05) is 20.2 Å². The highest BCUT2D eigenvalue weighted by molar-refractivity contribution is 5.95. The molecule has 140 valence electrons. The Bertz CT molecular complexity index is 703. The molecular formula is C21H29N3O2. The summed E-state index contributed by atoms with van der Waals surface area (Å²) in [4.78, 5) is 19.2. The first-order chi connectivity index (χ1) is 12.4. The summed E-state index contributed by atoms with van der Waals surface area (Å²) in [6, 6.07) is 12.1. The lowest BCUT2D eigenvalue weighted by atomic mass is 10.1. The molecule has 26 heavy (non-hydrogen) atoms. The van der Waals surface area contributed by atoms with E-state index in [4.69, 9.17) is 4.74 Å². The zero-order chi connectivity index (χ0) is 19.1. The van der Waals surface area contributed by atoms with Crippen molar-refractivity contribution in [1.82, 2.24) is 15.2 Å². The Morgan fingerprint density at radius 1 is 1.12 bits per heavy atom. The van der Waals surface area contributed by atoms with Crippen molar-refractivity contribution in [3.63, 3.8) is 0 Å². The van der Waals surface area contributed by atoms with E-state index < -0.39 is 0 Å². The molecule has 0 aliphatic rings. The van der Waals surface area contributed by atoms with Gasteiger partial charge in [0.1, 0.15) is 5.75 Å². The van der Waals surface area contributed by atoms with Gasteiger partial charge in [-0.15, -0.1) is 0 Å². The number of carbonyl (C=O) groups is 1.